The van der Waals surface area contributed by atoms with E-state index in [1.807, 2.05) is 55.5 Å². The lowest BCUT2D eigenvalue weighted by atomic mass is 10.1. The quantitative estimate of drug-likeness (QED) is 0.716. The van der Waals surface area contributed by atoms with Gasteiger partial charge in [0.05, 0.1) is 6.61 Å². The monoisotopic (exact) mass is 327 g/mol. The number of aryl methyl sites for hydroxylation is 1. The van der Waals surface area contributed by atoms with Gasteiger partial charge in [0.2, 0.25) is 0 Å². The summed E-state index contributed by atoms with van der Waals surface area (Å²) in [5.41, 5.74) is 3.28. The zero-order valence-electron chi connectivity index (χ0n) is 14.4. The van der Waals surface area contributed by atoms with Gasteiger partial charge in [-0.1, -0.05) is 43.3 Å². The van der Waals surface area contributed by atoms with Crippen molar-refractivity contribution < 1.29 is 14.3 Å². The number of hydrogen-bond donors (Lipinski definition) is 1. The molecule has 0 aliphatic rings. The fourth-order valence-corrected chi connectivity index (χ4v) is 2.30. The molecule has 0 radical (unpaired) electrons. The largest absolute Gasteiger partial charge is 0.484 e. The summed E-state index contributed by atoms with van der Waals surface area (Å²) in [7, 11) is 0. The Labute approximate surface area is 143 Å². The van der Waals surface area contributed by atoms with Crippen LogP contribution in [0.5, 0.6) is 5.75 Å². The fourth-order valence-electron chi connectivity index (χ4n) is 2.30. The van der Waals surface area contributed by atoms with Gasteiger partial charge in [-0.2, -0.15) is 0 Å². The van der Waals surface area contributed by atoms with E-state index in [9.17, 15) is 4.79 Å². The van der Waals surface area contributed by atoms with E-state index in [0.717, 1.165) is 29.7 Å². The van der Waals surface area contributed by atoms with Gasteiger partial charge in [0, 0.05) is 13.2 Å². The Kier molecular flexibility index (Phi) is 7.30. The number of rotatable bonds is 9. The highest BCUT2D eigenvalue weighted by Gasteiger charge is 2.06. The molecule has 1 N–H and O–H groups in total. The predicted molar refractivity (Wildman–Crippen MR) is 94.9 cm³/mol. The molecule has 4 nitrogen and oxygen atoms in total. The first-order valence-corrected chi connectivity index (χ1v) is 8.29. The maximum atomic E-state index is 12.0. The Bertz CT molecular complexity index is 655. The molecule has 2 aromatic carbocycles. The number of amides is 1. The zero-order chi connectivity index (χ0) is 17.2. The van der Waals surface area contributed by atoms with E-state index in [4.69, 9.17) is 9.47 Å². The first-order valence-electron chi connectivity index (χ1n) is 8.29. The summed E-state index contributed by atoms with van der Waals surface area (Å²) in [6, 6.07) is 15.6. The SMILES string of the molecule is CCCOCc1ccccc1CNC(=O)COc1cccc(C)c1. The number of benzene rings is 2. The third kappa shape index (κ3) is 6.05. The maximum absolute atomic E-state index is 12.0. The van der Waals surface area contributed by atoms with E-state index >= 15 is 0 Å². The molecule has 0 atom stereocenters. The van der Waals surface area contributed by atoms with Crippen LogP contribution in [-0.4, -0.2) is 19.1 Å². The topological polar surface area (TPSA) is 47.6 Å². The maximum Gasteiger partial charge on any atom is 0.258 e. The van der Waals surface area contributed by atoms with Crippen LogP contribution >= 0.6 is 0 Å². The van der Waals surface area contributed by atoms with Crippen molar-refractivity contribution in [2.45, 2.75) is 33.4 Å². The molecule has 1 amide bonds. The minimum Gasteiger partial charge on any atom is -0.484 e. The molecule has 0 aliphatic heterocycles. The van der Waals surface area contributed by atoms with E-state index in [0.29, 0.717) is 18.9 Å². The molecule has 128 valence electrons. The van der Waals surface area contributed by atoms with Crippen LogP contribution in [-0.2, 0) is 22.7 Å². The van der Waals surface area contributed by atoms with Gasteiger partial charge < -0.3 is 14.8 Å². The van der Waals surface area contributed by atoms with Crippen molar-refractivity contribution in [3.63, 3.8) is 0 Å². The van der Waals surface area contributed by atoms with Crippen molar-refractivity contribution in [2.24, 2.45) is 0 Å². The Hall–Kier alpha value is -2.33. The smallest absolute Gasteiger partial charge is 0.258 e. The van der Waals surface area contributed by atoms with Crippen molar-refractivity contribution in [1.29, 1.82) is 0 Å². The van der Waals surface area contributed by atoms with E-state index in [2.05, 4.69) is 12.2 Å². The molecule has 0 saturated carbocycles. The van der Waals surface area contributed by atoms with Crippen LogP contribution in [0.25, 0.3) is 0 Å². The highest BCUT2D eigenvalue weighted by Crippen LogP contribution is 2.12. The van der Waals surface area contributed by atoms with Gasteiger partial charge in [0.15, 0.2) is 6.61 Å². The fraction of sp³-hybridized carbons (Fsp3) is 0.350. The third-order valence-electron chi connectivity index (χ3n) is 3.56. The average molecular weight is 327 g/mol. The van der Waals surface area contributed by atoms with Crippen molar-refractivity contribution in [2.75, 3.05) is 13.2 Å². The van der Waals surface area contributed by atoms with Crippen molar-refractivity contribution >= 4 is 5.91 Å². The summed E-state index contributed by atoms with van der Waals surface area (Å²) >= 11 is 0. The molecule has 24 heavy (non-hydrogen) atoms. The first kappa shape index (κ1) is 18.0. The summed E-state index contributed by atoms with van der Waals surface area (Å²) in [5.74, 6) is 0.569. The van der Waals surface area contributed by atoms with E-state index in [1.54, 1.807) is 0 Å². The van der Waals surface area contributed by atoms with E-state index in [-0.39, 0.29) is 12.5 Å². The third-order valence-corrected chi connectivity index (χ3v) is 3.56. The molecule has 0 saturated heterocycles. The molecule has 2 rings (SSSR count). The van der Waals surface area contributed by atoms with Gasteiger partial charge in [0.25, 0.3) is 5.91 Å². The van der Waals surface area contributed by atoms with Gasteiger partial charge in [-0.3, -0.25) is 4.79 Å². The number of carbonyl (C=O) groups excluding carboxylic acids is 1. The van der Waals surface area contributed by atoms with Crippen LogP contribution in [0.2, 0.25) is 0 Å². The summed E-state index contributed by atoms with van der Waals surface area (Å²) in [6.07, 6.45) is 0.995. The Morgan fingerprint density at radius 1 is 1.08 bits per heavy atom. The summed E-state index contributed by atoms with van der Waals surface area (Å²) in [5, 5.41) is 2.90. The molecule has 0 heterocycles. The second kappa shape index (κ2) is 9.73. The molecule has 0 bridgehead atoms. The minimum atomic E-state index is -0.138. The molecule has 0 aromatic heterocycles. The number of nitrogens with one attached hydrogen (secondary N) is 1. The van der Waals surface area contributed by atoms with E-state index in [1.165, 1.54) is 0 Å². The van der Waals surface area contributed by atoms with Crippen LogP contribution < -0.4 is 10.1 Å². The number of carbonyl (C=O) groups is 1. The molecule has 4 heteroatoms. The summed E-state index contributed by atoms with van der Waals surface area (Å²) in [4.78, 5) is 12.0. The molecular weight excluding hydrogens is 302 g/mol. The van der Waals surface area contributed by atoms with Crippen molar-refractivity contribution in [3.05, 3.63) is 65.2 Å². The lowest BCUT2D eigenvalue weighted by molar-refractivity contribution is -0.123. The van der Waals surface area contributed by atoms with Crippen LogP contribution in [0.15, 0.2) is 48.5 Å². The van der Waals surface area contributed by atoms with Gasteiger partial charge in [-0.25, -0.2) is 0 Å². The van der Waals surface area contributed by atoms with Crippen molar-refractivity contribution in [3.8, 4) is 5.75 Å². The van der Waals surface area contributed by atoms with Gasteiger partial charge in [0.1, 0.15) is 5.75 Å². The van der Waals surface area contributed by atoms with Crippen LogP contribution in [0, 0.1) is 6.92 Å². The number of hydrogen-bond acceptors (Lipinski definition) is 3. The second-order valence-electron chi connectivity index (χ2n) is 5.70. The normalized spacial score (nSPS) is 10.4. The second-order valence-corrected chi connectivity index (χ2v) is 5.70. The van der Waals surface area contributed by atoms with Crippen LogP contribution in [0.4, 0.5) is 0 Å². The minimum absolute atomic E-state index is 0.0119. The lowest BCUT2D eigenvalue weighted by Gasteiger charge is -2.12. The number of ether oxygens (including phenoxy) is 2. The highest BCUT2D eigenvalue weighted by atomic mass is 16.5. The lowest BCUT2D eigenvalue weighted by Crippen LogP contribution is -2.28. The Balaban J connectivity index is 1.81. The van der Waals surface area contributed by atoms with Crippen LogP contribution in [0.3, 0.4) is 0 Å². The van der Waals surface area contributed by atoms with Crippen LogP contribution in [0.1, 0.15) is 30.0 Å². The molecule has 0 unspecified atom stereocenters. The van der Waals surface area contributed by atoms with Gasteiger partial charge in [-0.05, 0) is 42.2 Å². The predicted octanol–water partition coefficient (Wildman–Crippen LogP) is 3.62. The van der Waals surface area contributed by atoms with Gasteiger partial charge in [-0.15, -0.1) is 0 Å². The summed E-state index contributed by atoms with van der Waals surface area (Å²) < 4.78 is 11.1. The van der Waals surface area contributed by atoms with E-state index < -0.39 is 0 Å². The molecule has 0 aliphatic carbocycles. The zero-order valence-corrected chi connectivity index (χ0v) is 14.4. The molecule has 0 spiro atoms. The standard InChI is InChI=1S/C20H25NO3/c1-3-11-23-14-18-9-5-4-8-17(18)13-21-20(22)15-24-19-10-6-7-16(2)12-19/h4-10,12H,3,11,13-15H2,1-2H3,(H,21,22). The molecular formula is C20H25NO3. The molecule has 2 aromatic rings. The Morgan fingerprint density at radius 3 is 2.62 bits per heavy atom. The summed E-state index contributed by atoms with van der Waals surface area (Å²) in [6.45, 7) is 5.87. The highest BCUT2D eigenvalue weighted by molar-refractivity contribution is 5.77. The van der Waals surface area contributed by atoms with Gasteiger partial charge >= 0.3 is 0 Å². The Morgan fingerprint density at radius 2 is 1.88 bits per heavy atom. The average Bonchev–Trinajstić information content (AvgIpc) is 2.59. The molecule has 0 fully saturated rings. The van der Waals surface area contributed by atoms with Crippen molar-refractivity contribution in [1.82, 2.24) is 5.32 Å². The first-order chi connectivity index (χ1) is 11.7.